The molecule has 0 aliphatic carbocycles. The summed E-state index contributed by atoms with van der Waals surface area (Å²) >= 11 is 0. The Kier molecular flexibility index (Phi) is 5.04. The van der Waals surface area contributed by atoms with Gasteiger partial charge in [-0.3, -0.25) is 0 Å². The minimum Gasteiger partial charge on any atom is -0.406 e. The molecule has 0 unspecified atom stereocenters. The van der Waals surface area contributed by atoms with Crippen LogP contribution in [0.2, 0.25) is 19.1 Å². The van der Waals surface area contributed by atoms with Crippen LogP contribution in [-0.2, 0) is 4.43 Å². The molecule has 1 aromatic rings. The van der Waals surface area contributed by atoms with Gasteiger partial charge in [-0.05, 0) is 31.3 Å². The van der Waals surface area contributed by atoms with Crippen LogP contribution in [0, 0.1) is 11.8 Å². The lowest BCUT2D eigenvalue weighted by atomic mass is 10.2. The molecule has 0 saturated heterocycles. The van der Waals surface area contributed by atoms with E-state index >= 15 is 0 Å². The van der Waals surface area contributed by atoms with Crippen molar-refractivity contribution in [2.45, 2.75) is 19.1 Å². The van der Waals surface area contributed by atoms with E-state index in [0.29, 0.717) is 6.61 Å². The van der Waals surface area contributed by atoms with Crippen LogP contribution in [0.25, 0.3) is 0 Å². The van der Waals surface area contributed by atoms with Gasteiger partial charge in [0.2, 0.25) is 0 Å². The van der Waals surface area contributed by atoms with Crippen LogP contribution < -0.4 is 0 Å². The lowest BCUT2D eigenvalue weighted by Crippen LogP contribution is -2.29. The fraction of sp³-hybridized carbons (Fsp3) is 0.286. The van der Waals surface area contributed by atoms with Gasteiger partial charge in [-0.1, -0.05) is 36.1 Å². The molecule has 0 radical (unpaired) electrons. The first-order valence-corrected chi connectivity index (χ1v) is 8.54. The van der Waals surface area contributed by atoms with Crippen LogP contribution in [0.3, 0.4) is 0 Å². The number of benzene rings is 1. The van der Waals surface area contributed by atoms with Crippen LogP contribution in [0.5, 0.6) is 0 Å². The van der Waals surface area contributed by atoms with Gasteiger partial charge in [0.05, 0.1) is 6.61 Å². The van der Waals surface area contributed by atoms with E-state index in [2.05, 4.69) is 31.5 Å². The van der Waals surface area contributed by atoms with Gasteiger partial charge in [0.1, 0.15) is 0 Å². The predicted octanol–water partition coefficient (Wildman–Crippen LogP) is 3.45. The SMILES string of the molecule is C=CC[Si](C)(C)OCC#Cc1ccccc1. The molecule has 0 saturated carbocycles. The molecule has 0 fully saturated rings. The van der Waals surface area contributed by atoms with Crippen molar-refractivity contribution in [2.24, 2.45) is 0 Å². The zero-order valence-corrected chi connectivity index (χ0v) is 11.0. The second-order valence-electron chi connectivity index (χ2n) is 4.21. The molecule has 1 aromatic carbocycles. The molecule has 0 aliphatic rings. The predicted molar refractivity (Wildman–Crippen MR) is 71.8 cm³/mol. The largest absolute Gasteiger partial charge is 0.406 e. The molecular weight excluding hydrogens is 212 g/mol. The van der Waals surface area contributed by atoms with E-state index in [9.17, 15) is 0 Å². The van der Waals surface area contributed by atoms with Gasteiger partial charge in [0.15, 0.2) is 8.32 Å². The monoisotopic (exact) mass is 230 g/mol. The first kappa shape index (κ1) is 12.8. The Morgan fingerprint density at radius 1 is 1.31 bits per heavy atom. The average Bonchev–Trinajstić information content (AvgIpc) is 2.26. The van der Waals surface area contributed by atoms with Crippen molar-refractivity contribution < 1.29 is 4.43 Å². The highest BCUT2D eigenvalue weighted by molar-refractivity contribution is 6.71. The first-order chi connectivity index (χ1) is 7.64. The van der Waals surface area contributed by atoms with Crippen molar-refractivity contribution in [3.05, 3.63) is 48.6 Å². The minimum absolute atomic E-state index is 0.516. The van der Waals surface area contributed by atoms with Crippen molar-refractivity contribution in [2.75, 3.05) is 6.61 Å². The molecule has 1 nitrogen and oxygen atoms in total. The Morgan fingerprint density at radius 3 is 2.62 bits per heavy atom. The van der Waals surface area contributed by atoms with E-state index in [1.54, 1.807) is 0 Å². The third-order valence-corrected chi connectivity index (χ3v) is 4.38. The molecule has 0 atom stereocenters. The van der Waals surface area contributed by atoms with Crippen LogP contribution in [0.1, 0.15) is 5.56 Å². The Labute approximate surface area is 99.3 Å². The molecule has 0 N–H and O–H groups in total. The zero-order chi connectivity index (χ0) is 11.9. The number of hydrogen-bond acceptors (Lipinski definition) is 1. The van der Waals surface area contributed by atoms with Crippen LogP contribution in [0.4, 0.5) is 0 Å². The summed E-state index contributed by atoms with van der Waals surface area (Å²) in [5, 5.41) is 0. The van der Waals surface area contributed by atoms with E-state index in [0.717, 1.165) is 11.6 Å². The molecule has 0 heterocycles. The molecule has 16 heavy (non-hydrogen) atoms. The summed E-state index contributed by atoms with van der Waals surface area (Å²) in [5.74, 6) is 6.13. The van der Waals surface area contributed by atoms with Gasteiger partial charge in [-0.15, -0.1) is 6.58 Å². The normalized spacial score (nSPS) is 10.4. The highest BCUT2D eigenvalue weighted by Gasteiger charge is 2.19. The summed E-state index contributed by atoms with van der Waals surface area (Å²) in [7, 11) is -1.56. The van der Waals surface area contributed by atoms with Crippen LogP contribution in [-0.4, -0.2) is 14.9 Å². The quantitative estimate of drug-likeness (QED) is 0.437. The van der Waals surface area contributed by atoms with Crippen molar-refractivity contribution in [1.82, 2.24) is 0 Å². The van der Waals surface area contributed by atoms with E-state index in [4.69, 9.17) is 4.43 Å². The molecular formula is C14H18OSi. The topological polar surface area (TPSA) is 9.23 Å². The van der Waals surface area contributed by atoms with E-state index < -0.39 is 8.32 Å². The van der Waals surface area contributed by atoms with Crippen molar-refractivity contribution in [3.63, 3.8) is 0 Å². The number of allylic oxidation sites excluding steroid dienone is 1. The standard InChI is InChI=1S/C14H18OSi/c1-4-13-16(2,3)15-12-8-11-14-9-6-5-7-10-14/h4-7,9-10H,1,12-13H2,2-3H3. The van der Waals surface area contributed by atoms with Crippen molar-refractivity contribution in [3.8, 4) is 11.8 Å². The van der Waals surface area contributed by atoms with E-state index in [-0.39, 0.29) is 0 Å². The Morgan fingerprint density at radius 2 is 2.00 bits per heavy atom. The van der Waals surface area contributed by atoms with Crippen LogP contribution in [0.15, 0.2) is 43.0 Å². The third kappa shape index (κ3) is 4.97. The van der Waals surface area contributed by atoms with Gasteiger partial charge in [0.25, 0.3) is 0 Å². The van der Waals surface area contributed by atoms with Gasteiger partial charge in [-0.2, -0.15) is 0 Å². The maximum Gasteiger partial charge on any atom is 0.191 e. The highest BCUT2D eigenvalue weighted by atomic mass is 28.4. The third-order valence-electron chi connectivity index (χ3n) is 2.18. The summed E-state index contributed by atoms with van der Waals surface area (Å²) in [4.78, 5) is 0. The summed E-state index contributed by atoms with van der Waals surface area (Å²) in [6, 6.07) is 10.9. The van der Waals surface area contributed by atoms with E-state index in [1.807, 2.05) is 36.4 Å². The van der Waals surface area contributed by atoms with Crippen molar-refractivity contribution >= 4 is 8.32 Å². The second kappa shape index (κ2) is 6.32. The Balaban J connectivity index is 2.42. The molecule has 0 amide bonds. The minimum atomic E-state index is -1.56. The lowest BCUT2D eigenvalue weighted by molar-refractivity contribution is 0.362. The second-order valence-corrected chi connectivity index (χ2v) is 8.43. The van der Waals surface area contributed by atoms with Gasteiger partial charge in [-0.25, -0.2) is 0 Å². The first-order valence-electron chi connectivity index (χ1n) is 5.43. The molecule has 0 aliphatic heterocycles. The highest BCUT2D eigenvalue weighted by Crippen LogP contribution is 2.10. The summed E-state index contributed by atoms with van der Waals surface area (Å²) in [6.07, 6.45) is 1.93. The molecule has 0 spiro atoms. The Bertz CT molecular complexity index is 384. The molecule has 2 heteroatoms. The fourth-order valence-electron chi connectivity index (χ4n) is 1.30. The van der Waals surface area contributed by atoms with Crippen LogP contribution >= 0.6 is 0 Å². The lowest BCUT2D eigenvalue weighted by Gasteiger charge is -2.18. The van der Waals surface area contributed by atoms with Gasteiger partial charge >= 0.3 is 0 Å². The summed E-state index contributed by atoms with van der Waals surface area (Å²) in [5.41, 5.74) is 1.04. The zero-order valence-electron chi connectivity index (χ0n) is 9.99. The summed E-state index contributed by atoms with van der Waals surface area (Å²) in [6.45, 7) is 8.62. The summed E-state index contributed by atoms with van der Waals surface area (Å²) < 4.78 is 5.79. The maximum absolute atomic E-state index is 5.79. The molecule has 0 bridgehead atoms. The maximum atomic E-state index is 5.79. The molecule has 1 rings (SSSR count). The smallest absolute Gasteiger partial charge is 0.191 e. The van der Waals surface area contributed by atoms with Gasteiger partial charge in [0, 0.05) is 5.56 Å². The fourth-order valence-corrected chi connectivity index (χ4v) is 2.57. The Hall–Kier alpha value is -1.30. The number of hydrogen-bond donors (Lipinski definition) is 0. The van der Waals surface area contributed by atoms with E-state index in [1.165, 1.54) is 0 Å². The molecule has 0 aromatic heterocycles. The van der Waals surface area contributed by atoms with Gasteiger partial charge < -0.3 is 4.43 Å². The number of rotatable bonds is 4. The average molecular weight is 230 g/mol. The van der Waals surface area contributed by atoms with Crippen molar-refractivity contribution in [1.29, 1.82) is 0 Å². The molecule has 84 valence electrons.